The lowest BCUT2D eigenvalue weighted by Crippen LogP contribution is -2.47. The zero-order chi connectivity index (χ0) is 15.8. The van der Waals surface area contributed by atoms with E-state index in [0.717, 1.165) is 57.0 Å². The Kier molecular flexibility index (Phi) is 7.66. The molecule has 2 N–H and O–H groups in total. The SMILES string of the molecule is CCS(=O)C1CCCC(NC(=NC)NCCC2CCCO2)C1. The zero-order valence-electron chi connectivity index (χ0n) is 14.0. The molecule has 1 saturated heterocycles. The van der Waals surface area contributed by atoms with E-state index in [0.29, 0.717) is 17.4 Å². The van der Waals surface area contributed by atoms with E-state index < -0.39 is 10.8 Å². The summed E-state index contributed by atoms with van der Waals surface area (Å²) in [5.74, 6) is 1.64. The molecule has 2 aliphatic rings. The summed E-state index contributed by atoms with van der Waals surface area (Å²) in [6.45, 7) is 3.82. The quantitative estimate of drug-likeness (QED) is 0.576. The Bertz CT molecular complexity index is 384. The Morgan fingerprint density at radius 3 is 2.86 bits per heavy atom. The smallest absolute Gasteiger partial charge is 0.191 e. The number of hydrogen-bond acceptors (Lipinski definition) is 3. The minimum atomic E-state index is -0.675. The summed E-state index contributed by atoms with van der Waals surface area (Å²) < 4.78 is 17.6. The molecule has 0 radical (unpaired) electrons. The predicted molar refractivity (Wildman–Crippen MR) is 92.8 cm³/mol. The third-order valence-corrected chi connectivity index (χ3v) is 6.37. The predicted octanol–water partition coefficient (Wildman–Crippen LogP) is 1.80. The van der Waals surface area contributed by atoms with Gasteiger partial charge in [-0.05, 0) is 38.5 Å². The second-order valence-corrected chi connectivity index (χ2v) is 8.23. The first-order chi connectivity index (χ1) is 10.7. The summed E-state index contributed by atoms with van der Waals surface area (Å²) in [6.07, 6.45) is 8.21. The van der Waals surface area contributed by atoms with E-state index in [-0.39, 0.29) is 0 Å². The van der Waals surface area contributed by atoms with Crippen LogP contribution in [0.4, 0.5) is 0 Å². The van der Waals surface area contributed by atoms with Crippen molar-refractivity contribution in [2.45, 2.75) is 69.3 Å². The molecule has 2 fully saturated rings. The van der Waals surface area contributed by atoms with Crippen molar-refractivity contribution in [3.05, 3.63) is 0 Å². The molecule has 4 atom stereocenters. The monoisotopic (exact) mass is 329 g/mol. The van der Waals surface area contributed by atoms with Gasteiger partial charge in [0.05, 0.1) is 6.10 Å². The molecule has 0 bridgehead atoms. The maximum absolute atomic E-state index is 12.0. The number of hydrogen-bond donors (Lipinski definition) is 2. The van der Waals surface area contributed by atoms with Crippen LogP contribution in [0.2, 0.25) is 0 Å². The highest BCUT2D eigenvalue weighted by molar-refractivity contribution is 7.85. The summed E-state index contributed by atoms with van der Waals surface area (Å²) >= 11 is 0. The average Bonchev–Trinajstić information content (AvgIpc) is 3.06. The fraction of sp³-hybridized carbons (Fsp3) is 0.938. The maximum atomic E-state index is 12.0. The van der Waals surface area contributed by atoms with Crippen LogP contribution in [0.25, 0.3) is 0 Å². The zero-order valence-corrected chi connectivity index (χ0v) is 14.8. The van der Waals surface area contributed by atoms with Gasteiger partial charge in [-0.25, -0.2) is 0 Å². The molecule has 4 unspecified atom stereocenters. The van der Waals surface area contributed by atoms with Gasteiger partial charge in [0.2, 0.25) is 0 Å². The highest BCUT2D eigenvalue weighted by Gasteiger charge is 2.26. The van der Waals surface area contributed by atoms with Crippen molar-refractivity contribution in [2.24, 2.45) is 4.99 Å². The summed E-state index contributed by atoms with van der Waals surface area (Å²) in [7, 11) is 1.14. The first-order valence-electron chi connectivity index (χ1n) is 8.69. The van der Waals surface area contributed by atoms with Crippen LogP contribution < -0.4 is 10.6 Å². The Hall–Kier alpha value is -0.620. The van der Waals surface area contributed by atoms with Gasteiger partial charge in [0.15, 0.2) is 5.96 Å². The molecule has 1 saturated carbocycles. The van der Waals surface area contributed by atoms with Crippen molar-refractivity contribution in [3.8, 4) is 0 Å². The van der Waals surface area contributed by atoms with Crippen molar-refractivity contribution < 1.29 is 8.95 Å². The van der Waals surface area contributed by atoms with Crippen LogP contribution in [0.15, 0.2) is 4.99 Å². The highest BCUT2D eigenvalue weighted by Crippen LogP contribution is 2.23. The van der Waals surface area contributed by atoms with Crippen LogP contribution in [-0.4, -0.2) is 53.5 Å². The van der Waals surface area contributed by atoms with Crippen molar-refractivity contribution in [1.29, 1.82) is 0 Å². The van der Waals surface area contributed by atoms with E-state index >= 15 is 0 Å². The molecule has 22 heavy (non-hydrogen) atoms. The lowest BCUT2D eigenvalue weighted by molar-refractivity contribution is 0.105. The molecule has 5 nitrogen and oxygen atoms in total. The molecule has 6 heteroatoms. The van der Waals surface area contributed by atoms with Crippen molar-refractivity contribution in [2.75, 3.05) is 26.0 Å². The van der Waals surface area contributed by atoms with E-state index in [1.165, 1.54) is 12.8 Å². The van der Waals surface area contributed by atoms with Crippen LogP contribution >= 0.6 is 0 Å². The molecule has 128 valence electrons. The van der Waals surface area contributed by atoms with Gasteiger partial charge in [-0.15, -0.1) is 0 Å². The van der Waals surface area contributed by atoms with E-state index in [2.05, 4.69) is 15.6 Å². The normalized spacial score (nSPS) is 31.0. The molecule has 1 aliphatic heterocycles. The molecule has 2 rings (SSSR count). The Balaban J connectivity index is 1.71. The number of guanidine groups is 1. The van der Waals surface area contributed by atoms with Gasteiger partial charge in [0.1, 0.15) is 0 Å². The number of ether oxygens (including phenoxy) is 1. The molecule has 0 spiro atoms. The molecule has 1 heterocycles. The summed E-state index contributed by atoms with van der Waals surface area (Å²) in [4.78, 5) is 4.31. The Labute approximate surface area is 137 Å². The van der Waals surface area contributed by atoms with Gasteiger partial charge in [0.25, 0.3) is 0 Å². The Morgan fingerprint density at radius 1 is 1.32 bits per heavy atom. The molecule has 0 aromatic carbocycles. The third kappa shape index (κ3) is 5.54. The average molecular weight is 330 g/mol. The van der Waals surface area contributed by atoms with Crippen molar-refractivity contribution >= 4 is 16.8 Å². The van der Waals surface area contributed by atoms with Crippen molar-refractivity contribution in [1.82, 2.24) is 10.6 Å². The van der Waals surface area contributed by atoms with Gasteiger partial charge in [-0.1, -0.05) is 13.3 Å². The van der Waals surface area contributed by atoms with Crippen LogP contribution in [-0.2, 0) is 15.5 Å². The summed E-state index contributed by atoms with van der Waals surface area (Å²) in [6, 6.07) is 0.392. The van der Waals surface area contributed by atoms with Crippen LogP contribution in [0.1, 0.15) is 51.9 Å². The lowest BCUT2D eigenvalue weighted by Gasteiger charge is -2.30. The van der Waals surface area contributed by atoms with Crippen LogP contribution in [0, 0.1) is 0 Å². The maximum Gasteiger partial charge on any atom is 0.191 e. The summed E-state index contributed by atoms with van der Waals surface area (Å²) in [5.41, 5.74) is 0. The largest absolute Gasteiger partial charge is 0.378 e. The highest BCUT2D eigenvalue weighted by atomic mass is 32.2. The van der Waals surface area contributed by atoms with E-state index in [1.807, 2.05) is 14.0 Å². The fourth-order valence-electron chi connectivity index (χ4n) is 3.36. The minimum absolute atomic E-state index is 0.348. The topological polar surface area (TPSA) is 62.7 Å². The second-order valence-electron chi connectivity index (χ2n) is 6.22. The number of aliphatic imine (C=N–C) groups is 1. The van der Waals surface area contributed by atoms with Gasteiger partial charge < -0.3 is 15.4 Å². The van der Waals surface area contributed by atoms with E-state index in [1.54, 1.807) is 0 Å². The van der Waals surface area contributed by atoms with Gasteiger partial charge in [0, 0.05) is 48.0 Å². The lowest BCUT2D eigenvalue weighted by atomic mass is 9.95. The first kappa shape index (κ1) is 17.7. The third-order valence-electron chi connectivity index (χ3n) is 4.63. The standard InChI is InChI=1S/C16H31N3O2S/c1-3-22(20)15-8-4-6-13(12-15)19-16(17-2)18-10-9-14-7-5-11-21-14/h13-15H,3-12H2,1-2H3,(H2,17,18,19). The molecular formula is C16H31N3O2S. The van der Waals surface area contributed by atoms with Crippen molar-refractivity contribution in [3.63, 3.8) is 0 Å². The molecule has 0 aromatic heterocycles. The second kappa shape index (κ2) is 9.50. The van der Waals surface area contributed by atoms with Gasteiger partial charge in [-0.3, -0.25) is 9.20 Å². The van der Waals surface area contributed by atoms with E-state index in [4.69, 9.17) is 4.74 Å². The van der Waals surface area contributed by atoms with Gasteiger partial charge >= 0.3 is 0 Å². The number of rotatable bonds is 6. The number of nitrogens with one attached hydrogen (secondary N) is 2. The molecule has 0 aromatic rings. The molecule has 0 amide bonds. The summed E-state index contributed by atoms with van der Waals surface area (Å²) in [5, 5.41) is 7.24. The first-order valence-corrected chi connectivity index (χ1v) is 10.1. The number of nitrogens with zero attached hydrogens (tertiary/aromatic N) is 1. The minimum Gasteiger partial charge on any atom is -0.378 e. The van der Waals surface area contributed by atoms with Gasteiger partial charge in [-0.2, -0.15) is 0 Å². The fourth-order valence-corrected chi connectivity index (χ4v) is 4.71. The van der Waals surface area contributed by atoms with Crippen LogP contribution in [0.3, 0.4) is 0 Å². The van der Waals surface area contributed by atoms with E-state index in [9.17, 15) is 4.21 Å². The van der Waals surface area contributed by atoms with Crippen LogP contribution in [0.5, 0.6) is 0 Å². The Morgan fingerprint density at radius 2 is 2.18 bits per heavy atom. The molecule has 1 aliphatic carbocycles. The molecular weight excluding hydrogens is 298 g/mol.